The maximum absolute atomic E-state index is 12.5. The summed E-state index contributed by atoms with van der Waals surface area (Å²) in [6.45, 7) is 6.66. The minimum atomic E-state index is -0.207. The molecule has 0 atom stereocenters. The Morgan fingerprint density at radius 2 is 1.90 bits per heavy atom. The van der Waals surface area contributed by atoms with Gasteiger partial charge in [0, 0.05) is 5.56 Å². The van der Waals surface area contributed by atoms with Gasteiger partial charge in [-0.3, -0.25) is 9.48 Å². The highest BCUT2D eigenvalue weighted by atomic mass is 16.1. The van der Waals surface area contributed by atoms with Crippen LogP contribution in [0.5, 0.6) is 0 Å². The van der Waals surface area contributed by atoms with Crippen molar-refractivity contribution in [3.63, 3.8) is 0 Å². The number of nitrogen functional groups attached to an aromatic ring is 1. The van der Waals surface area contributed by atoms with Crippen molar-refractivity contribution in [2.75, 3.05) is 11.1 Å². The number of hydrogen-bond acceptors (Lipinski definition) is 4. The van der Waals surface area contributed by atoms with Crippen LogP contribution in [0.2, 0.25) is 0 Å². The first kappa shape index (κ1) is 23.4. The average Bonchev–Trinajstić information content (AvgIpc) is 3.18. The van der Waals surface area contributed by atoms with Gasteiger partial charge >= 0.3 is 0 Å². The lowest BCUT2D eigenvalue weighted by Gasteiger charge is -2.09. The molecule has 3 aromatic rings. The summed E-state index contributed by atoms with van der Waals surface area (Å²) in [7, 11) is 0. The quantitative estimate of drug-likeness (QED) is 0.513. The summed E-state index contributed by atoms with van der Waals surface area (Å²) in [5, 5.41) is 16.0. The van der Waals surface area contributed by atoms with Crippen LogP contribution >= 0.6 is 0 Å². The highest BCUT2D eigenvalue weighted by Gasteiger charge is 2.10. The standard InChI is InChI=1S/C23H23N5O.C2H6/c1-2-18-15-26-28(22(18)9-5-6-14-24)16-17-10-12-19(13-11-17)23(29)27-21-8-4-3-7-20(21)25;1-2/h3-5,7-13,15H,2,6,16,25H2,1H3,(H,27,29);1-2H3/b9-5-;. The molecule has 1 aromatic heterocycles. The van der Waals surface area contributed by atoms with Gasteiger partial charge in [-0.05, 0) is 47.9 Å². The fraction of sp³-hybridized carbons (Fsp3) is 0.240. The smallest absolute Gasteiger partial charge is 0.255 e. The number of nitrogens with one attached hydrogen (secondary N) is 1. The molecule has 3 rings (SSSR count). The minimum Gasteiger partial charge on any atom is -0.397 e. The van der Waals surface area contributed by atoms with Gasteiger partial charge in [-0.15, -0.1) is 0 Å². The summed E-state index contributed by atoms with van der Waals surface area (Å²) < 4.78 is 1.91. The number of aryl methyl sites for hydroxylation is 1. The van der Waals surface area contributed by atoms with Crippen molar-refractivity contribution in [3.8, 4) is 6.07 Å². The van der Waals surface area contributed by atoms with E-state index in [9.17, 15) is 4.79 Å². The van der Waals surface area contributed by atoms with Gasteiger partial charge in [0.15, 0.2) is 0 Å². The Balaban J connectivity index is 0.00000166. The third kappa shape index (κ3) is 6.31. The van der Waals surface area contributed by atoms with E-state index in [4.69, 9.17) is 11.0 Å². The lowest BCUT2D eigenvalue weighted by molar-refractivity contribution is 0.102. The highest BCUT2D eigenvalue weighted by Crippen LogP contribution is 2.19. The molecule has 3 N–H and O–H groups in total. The molecule has 6 heteroatoms. The summed E-state index contributed by atoms with van der Waals surface area (Å²) in [5.74, 6) is -0.207. The third-order valence-corrected chi connectivity index (χ3v) is 4.58. The van der Waals surface area contributed by atoms with Crippen LogP contribution in [0.1, 0.15) is 54.4 Å². The molecule has 2 aromatic carbocycles. The summed E-state index contributed by atoms with van der Waals surface area (Å²) in [4.78, 5) is 12.5. The number of carbonyl (C=O) groups excluding carboxylic acids is 1. The Morgan fingerprint density at radius 1 is 1.19 bits per heavy atom. The number of allylic oxidation sites excluding steroid dienone is 1. The van der Waals surface area contributed by atoms with Crippen molar-refractivity contribution in [1.29, 1.82) is 5.26 Å². The van der Waals surface area contributed by atoms with E-state index >= 15 is 0 Å². The van der Waals surface area contributed by atoms with E-state index in [0.717, 1.165) is 23.2 Å². The van der Waals surface area contributed by atoms with Gasteiger partial charge in [0.25, 0.3) is 5.91 Å². The molecule has 0 unspecified atom stereocenters. The van der Waals surface area contributed by atoms with Crippen molar-refractivity contribution >= 4 is 23.4 Å². The Hall–Kier alpha value is -3.85. The SMILES string of the molecule is CC.CCc1cnn(Cc2ccc(C(=O)Nc3ccccc3N)cc2)c1/C=C\CC#N. The maximum Gasteiger partial charge on any atom is 0.255 e. The lowest BCUT2D eigenvalue weighted by Crippen LogP contribution is -2.13. The van der Waals surface area contributed by atoms with E-state index in [1.54, 1.807) is 24.3 Å². The van der Waals surface area contributed by atoms with Crippen LogP contribution in [-0.2, 0) is 13.0 Å². The van der Waals surface area contributed by atoms with Gasteiger partial charge in [0.05, 0.1) is 42.3 Å². The van der Waals surface area contributed by atoms with Crippen LogP contribution in [0, 0.1) is 11.3 Å². The van der Waals surface area contributed by atoms with Gasteiger partial charge in [-0.1, -0.05) is 51.1 Å². The van der Waals surface area contributed by atoms with E-state index in [1.165, 1.54) is 0 Å². The molecule has 6 nitrogen and oxygen atoms in total. The molecule has 0 spiro atoms. The number of nitrogens with two attached hydrogens (primary N) is 1. The van der Waals surface area contributed by atoms with Crippen LogP contribution in [0.3, 0.4) is 0 Å². The monoisotopic (exact) mass is 415 g/mol. The van der Waals surface area contributed by atoms with E-state index in [2.05, 4.69) is 23.4 Å². The molecule has 0 aliphatic carbocycles. The second kappa shape index (κ2) is 12.0. The maximum atomic E-state index is 12.5. The number of amides is 1. The fourth-order valence-corrected chi connectivity index (χ4v) is 2.99. The number of anilines is 2. The van der Waals surface area contributed by atoms with Crippen LogP contribution in [-0.4, -0.2) is 15.7 Å². The number of hydrogen-bond donors (Lipinski definition) is 2. The zero-order valence-corrected chi connectivity index (χ0v) is 18.3. The molecule has 0 aliphatic heterocycles. The summed E-state index contributed by atoms with van der Waals surface area (Å²) in [5.41, 5.74) is 10.7. The topological polar surface area (TPSA) is 96.7 Å². The molecular weight excluding hydrogens is 386 g/mol. The number of rotatable bonds is 7. The zero-order chi connectivity index (χ0) is 22.6. The second-order valence-electron chi connectivity index (χ2n) is 6.57. The van der Waals surface area contributed by atoms with Crippen molar-refractivity contribution < 1.29 is 4.79 Å². The number of benzene rings is 2. The van der Waals surface area contributed by atoms with Crippen molar-refractivity contribution in [2.45, 2.75) is 40.2 Å². The minimum absolute atomic E-state index is 0.207. The van der Waals surface area contributed by atoms with Crippen LogP contribution in [0.4, 0.5) is 11.4 Å². The Labute approximate surface area is 184 Å². The average molecular weight is 416 g/mol. The third-order valence-electron chi connectivity index (χ3n) is 4.58. The van der Waals surface area contributed by atoms with Crippen LogP contribution in [0.15, 0.2) is 60.8 Å². The molecule has 1 amide bonds. The molecule has 0 radical (unpaired) electrons. The molecule has 0 fully saturated rings. The van der Waals surface area contributed by atoms with Crippen molar-refractivity contribution in [1.82, 2.24) is 9.78 Å². The molecule has 160 valence electrons. The molecule has 0 saturated heterocycles. The number of nitriles is 1. The predicted molar refractivity (Wildman–Crippen MR) is 127 cm³/mol. The Morgan fingerprint density at radius 3 is 2.55 bits per heavy atom. The molecule has 31 heavy (non-hydrogen) atoms. The first-order valence-corrected chi connectivity index (χ1v) is 10.4. The fourth-order valence-electron chi connectivity index (χ4n) is 2.99. The second-order valence-corrected chi connectivity index (χ2v) is 6.57. The van der Waals surface area contributed by atoms with E-state index in [0.29, 0.717) is 29.9 Å². The van der Waals surface area contributed by atoms with Crippen LogP contribution in [0.25, 0.3) is 6.08 Å². The first-order chi connectivity index (χ1) is 15.1. The number of carbonyl (C=O) groups is 1. The van der Waals surface area contributed by atoms with Crippen molar-refractivity contribution in [3.05, 3.63) is 83.2 Å². The van der Waals surface area contributed by atoms with Gasteiger partial charge in [0.2, 0.25) is 0 Å². The molecule has 0 aliphatic rings. The molecule has 1 heterocycles. The number of aromatic nitrogens is 2. The van der Waals surface area contributed by atoms with E-state index < -0.39 is 0 Å². The summed E-state index contributed by atoms with van der Waals surface area (Å²) >= 11 is 0. The van der Waals surface area contributed by atoms with Gasteiger partial charge in [0.1, 0.15) is 0 Å². The zero-order valence-electron chi connectivity index (χ0n) is 18.3. The largest absolute Gasteiger partial charge is 0.397 e. The number of para-hydroxylation sites is 2. The van der Waals surface area contributed by atoms with E-state index in [-0.39, 0.29) is 5.91 Å². The van der Waals surface area contributed by atoms with Crippen LogP contribution < -0.4 is 11.1 Å². The Bertz CT molecular complexity index is 1060. The first-order valence-electron chi connectivity index (χ1n) is 10.4. The molecule has 0 saturated carbocycles. The molecule has 0 bridgehead atoms. The van der Waals surface area contributed by atoms with E-state index in [1.807, 2.05) is 61.1 Å². The van der Waals surface area contributed by atoms with Gasteiger partial charge in [-0.2, -0.15) is 10.4 Å². The highest BCUT2D eigenvalue weighted by molar-refractivity contribution is 6.05. The summed E-state index contributed by atoms with van der Waals surface area (Å²) in [6, 6.07) is 16.7. The van der Waals surface area contributed by atoms with Gasteiger partial charge < -0.3 is 11.1 Å². The van der Waals surface area contributed by atoms with Gasteiger partial charge in [-0.25, -0.2) is 0 Å². The lowest BCUT2D eigenvalue weighted by atomic mass is 10.1. The summed E-state index contributed by atoms with van der Waals surface area (Å²) in [6.07, 6.45) is 6.88. The Kier molecular flexibility index (Phi) is 9.06. The predicted octanol–water partition coefficient (Wildman–Crippen LogP) is 5.28. The number of nitrogens with zero attached hydrogens (tertiary/aromatic N) is 3. The molecular formula is C25H29N5O. The normalized spacial score (nSPS) is 10.3. The van der Waals surface area contributed by atoms with Crippen molar-refractivity contribution in [2.24, 2.45) is 0 Å².